The molecular weight excluding hydrogens is 1500 g/mol. The number of anilines is 2. The van der Waals surface area contributed by atoms with Gasteiger partial charge in [-0.15, -0.1) is 0 Å². The van der Waals surface area contributed by atoms with Crippen molar-refractivity contribution in [2.45, 2.75) is 294 Å². The van der Waals surface area contributed by atoms with E-state index in [2.05, 4.69) is 87.4 Å². The summed E-state index contributed by atoms with van der Waals surface area (Å²) >= 11 is 0. The molecule has 2 aliphatic carbocycles. The van der Waals surface area contributed by atoms with Crippen LogP contribution in [0.15, 0.2) is 143 Å². The first-order chi connectivity index (χ1) is 55.2. The molecule has 6 saturated heterocycles. The van der Waals surface area contributed by atoms with Gasteiger partial charge in [0.15, 0.2) is 24.2 Å². The van der Waals surface area contributed by atoms with Crippen LogP contribution in [0.4, 0.5) is 21.0 Å². The molecule has 1 aromatic carbocycles. The third-order valence-corrected chi connectivity index (χ3v) is 25.3. The first-order valence-corrected chi connectivity index (χ1v) is 41.4. The molecule has 0 radical (unpaired) electrons. The molecule has 28 nitrogen and oxygen atoms in total. The van der Waals surface area contributed by atoms with E-state index in [4.69, 9.17) is 76.0 Å². The summed E-state index contributed by atoms with van der Waals surface area (Å²) in [6.07, 6.45) is 14.8. The summed E-state index contributed by atoms with van der Waals surface area (Å²) in [5, 5.41) is 53.5. The van der Waals surface area contributed by atoms with Crippen LogP contribution >= 0.6 is 0 Å². The van der Waals surface area contributed by atoms with Gasteiger partial charge in [-0.2, -0.15) is 0 Å². The minimum atomic E-state index is -1.91. The van der Waals surface area contributed by atoms with Crippen LogP contribution in [-0.2, 0) is 85.6 Å². The maximum absolute atomic E-state index is 14.5. The maximum atomic E-state index is 14.5. The van der Waals surface area contributed by atoms with Crippen molar-refractivity contribution in [2.24, 2.45) is 47.3 Å². The van der Waals surface area contributed by atoms with Crippen molar-refractivity contribution in [1.29, 1.82) is 0 Å². The van der Waals surface area contributed by atoms with Gasteiger partial charge in [-0.25, -0.2) is 20.5 Å². The molecule has 4 amide bonds. The number of carbonyl (C=O) groups excluding carboxylic acids is 4. The number of amides is 4. The van der Waals surface area contributed by atoms with Crippen LogP contribution in [0.25, 0.3) is 0 Å². The number of nitrogens with one attached hydrogen (secondary N) is 4. The number of carbonyl (C=O) groups is 4. The highest BCUT2D eigenvalue weighted by Gasteiger charge is 2.62. The number of urea groups is 2. The number of ether oxygens (including phenoxy) is 14. The Hall–Kier alpha value is -6.62. The molecule has 638 valence electrons. The van der Waals surface area contributed by atoms with Gasteiger partial charge in [0, 0.05) is 87.8 Å². The number of methoxy groups -OCH3 is 2. The molecule has 8 N–H and O–H groups in total. The number of aliphatic hydroxyl groups is 4. The number of allylic oxidation sites excluding steroid dienone is 4. The standard InChI is InChI=1S/C88H122N4O24/c1-45(2)73-51(9)30-32-85(113-73)41-63-37-61(111-85)28-26-49(7)75(47(5)20-17-22-57-43-103-79-71(93)53(11)34-65(81(95)107-63)87(57,79)99)109-69-39-67(101-15)77(55(13)105-69)115-91-83(97)89-59-24-19-25-60(36-59)90-84(98)92-116-78-56(14)106-70(40-68(78)102-16)110-76-48(6)21-18-23-58-44-104-80-72(94)54(12)35-66(88(58,80)100)82(96)108-64-38-62(29-27-50(76)8)112-86(42-64)33-31-52(10)74(114-86)46(3)4/h17-27,30-36,45-48,51-52,55-56,61-80,93-94,99-100H,28-29,37-44H2,1-16H3,(H2,89,91,97)(H2,90,92,98)/b20-17+,21-18+,49-26+,50-27+,57-22+,58-23+/t47-,48-,51-,52-,55-,56-,61+,62+,63-,64-,65-,66-,67-,68-,69-,70-,71+,72+,73+,74+,75-,76-,77-,78-,79+,80+,85+,86+,87+,88+/m0/s1. The summed E-state index contributed by atoms with van der Waals surface area (Å²) in [7, 11) is 3.09. The van der Waals surface area contributed by atoms with Crippen molar-refractivity contribution in [3.8, 4) is 0 Å². The molecule has 10 aliphatic heterocycles. The second-order valence-corrected chi connectivity index (χ2v) is 34.7. The summed E-state index contributed by atoms with van der Waals surface area (Å²) in [6, 6.07) is 5.02. The van der Waals surface area contributed by atoms with Gasteiger partial charge in [0.1, 0.15) is 71.9 Å². The molecule has 4 bridgehead atoms. The van der Waals surface area contributed by atoms with E-state index >= 15 is 0 Å². The Morgan fingerprint density at radius 3 is 1.33 bits per heavy atom. The quantitative estimate of drug-likeness (QED) is 0.0487. The van der Waals surface area contributed by atoms with Crippen LogP contribution in [-0.4, -0.2) is 217 Å². The van der Waals surface area contributed by atoms with E-state index in [0.29, 0.717) is 59.4 Å². The van der Waals surface area contributed by atoms with Crippen LogP contribution < -0.4 is 21.6 Å². The van der Waals surface area contributed by atoms with Crippen molar-refractivity contribution in [1.82, 2.24) is 11.0 Å². The molecule has 116 heavy (non-hydrogen) atoms. The van der Waals surface area contributed by atoms with Gasteiger partial charge in [0.05, 0.1) is 74.3 Å². The summed E-state index contributed by atoms with van der Waals surface area (Å²) in [4.78, 5) is 68.4. The predicted molar refractivity (Wildman–Crippen MR) is 425 cm³/mol. The van der Waals surface area contributed by atoms with Crippen LogP contribution in [0.3, 0.4) is 0 Å². The Labute approximate surface area is 680 Å². The summed E-state index contributed by atoms with van der Waals surface area (Å²) in [5.74, 6) is -6.02. The van der Waals surface area contributed by atoms with Gasteiger partial charge in [0.25, 0.3) is 0 Å². The smallest absolute Gasteiger partial charge is 0.343 e. The SMILES string of the molecule is CO[C@H]1C[C@H](O[C@@H]2/C(C)=C/C[C@@H]3C[C@@H](C[C@]4(C=C[C@H](C)[C@@H](C(C)C)O4)O3)OC(=O)[C@@H]3C=C(C)[C@@H](O)[C@H]4OC/C(=C\C=C\[C@@H]2C)[C@]43O)O[C@@H](C)[C@@H]1ONC(=O)Nc1cccc(NC(=O)NO[C@H]2[C@H](C)O[C@@H](O[C@@H]3/C(C)=C/C[C@@H]4C[C@@H](C[C@]5(C=C[C@H](C)[C@@H](C(C)C)O5)O4)OC(=O)[C@@H]4C=C(C)[C@@H](O)[C@H]5OC/C(=C\C=C\[C@@H]3C)[C@]54O)C[C@@H]2OC)c1. The highest BCUT2D eigenvalue weighted by Crippen LogP contribution is 2.50. The number of hydrogen-bond acceptors (Lipinski definition) is 24. The largest absolute Gasteiger partial charge is 0.462 e. The van der Waals surface area contributed by atoms with Gasteiger partial charge in [-0.1, -0.05) is 134 Å². The molecule has 1 aromatic rings. The molecule has 12 aliphatic rings. The number of aliphatic hydroxyl groups excluding tert-OH is 2. The maximum Gasteiger partial charge on any atom is 0.343 e. The van der Waals surface area contributed by atoms with Crippen molar-refractivity contribution >= 4 is 35.4 Å². The molecule has 0 aromatic heterocycles. The van der Waals surface area contributed by atoms with Gasteiger partial charge < -0.3 is 97.4 Å². The van der Waals surface area contributed by atoms with Crippen molar-refractivity contribution < 1.29 is 116 Å². The summed E-state index contributed by atoms with van der Waals surface area (Å²) in [5.41, 5.74) is 5.39. The van der Waals surface area contributed by atoms with E-state index in [-0.39, 0.29) is 86.6 Å². The van der Waals surface area contributed by atoms with E-state index in [1.807, 2.05) is 52.0 Å². The van der Waals surface area contributed by atoms with Crippen molar-refractivity contribution in [2.75, 3.05) is 38.1 Å². The third-order valence-electron chi connectivity index (χ3n) is 25.3. The Morgan fingerprint density at radius 1 is 0.534 bits per heavy atom. The Balaban J connectivity index is 0.624. The molecule has 2 spiro atoms. The zero-order valence-corrected chi connectivity index (χ0v) is 69.6. The first-order valence-electron chi connectivity index (χ1n) is 41.4. The number of fused-ring (bicyclic) bond motifs is 4. The minimum absolute atomic E-state index is 0.0264. The zero-order chi connectivity index (χ0) is 83.0. The highest BCUT2D eigenvalue weighted by molar-refractivity contribution is 5.92. The Morgan fingerprint density at radius 2 is 0.940 bits per heavy atom. The van der Waals surface area contributed by atoms with Crippen molar-refractivity contribution in [3.63, 3.8) is 0 Å². The second-order valence-electron chi connectivity index (χ2n) is 34.7. The average molecular weight is 1620 g/mol. The van der Waals surface area contributed by atoms with Crippen LogP contribution in [0, 0.1) is 47.3 Å². The molecule has 0 saturated carbocycles. The van der Waals surface area contributed by atoms with E-state index in [1.165, 1.54) is 0 Å². The highest BCUT2D eigenvalue weighted by atomic mass is 16.7. The molecule has 0 unspecified atom stereocenters. The number of rotatable bonds is 14. The fourth-order valence-electron chi connectivity index (χ4n) is 19.0. The minimum Gasteiger partial charge on any atom is -0.462 e. The lowest BCUT2D eigenvalue weighted by Crippen LogP contribution is -2.58. The van der Waals surface area contributed by atoms with Crippen LogP contribution in [0.2, 0.25) is 0 Å². The molecule has 6 fully saturated rings. The Bertz CT molecular complexity index is 3790. The topological polar surface area (TPSA) is 345 Å². The van der Waals surface area contributed by atoms with E-state index in [9.17, 15) is 39.6 Å². The number of benzene rings is 1. The number of esters is 2. The first kappa shape index (κ1) is 87.2. The molecular formula is C88H122N4O24. The predicted octanol–water partition coefficient (Wildman–Crippen LogP) is 10.7. The summed E-state index contributed by atoms with van der Waals surface area (Å²) in [6.45, 7) is 27.6. The number of hydrogen-bond donors (Lipinski definition) is 8. The van der Waals surface area contributed by atoms with E-state index in [0.717, 1.165) is 11.1 Å². The van der Waals surface area contributed by atoms with Gasteiger partial charge in [0.2, 0.25) is 0 Å². The Kier molecular flexibility index (Phi) is 27.3. The fourth-order valence-corrected chi connectivity index (χ4v) is 19.0. The third kappa shape index (κ3) is 18.6. The summed E-state index contributed by atoms with van der Waals surface area (Å²) < 4.78 is 91.5. The van der Waals surface area contributed by atoms with E-state index in [1.54, 1.807) is 103 Å². The zero-order valence-electron chi connectivity index (χ0n) is 69.6. The monoisotopic (exact) mass is 1620 g/mol. The number of hydroxylamine groups is 2. The molecule has 30 atom stereocenters. The normalized spacial score (nSPS) is 44.4. The molecule has 28 heteroatoms. The molecule has 10 heterocycles. The second kappa shape index (κ2) is 36.4. The lowest BCUT2D eigenvalue weighted by Gasteiger charge is -2.48. The lowest BCUT2D eigenvalue weighted by atomic mass is 9.71. The van der Waals surface area contributed by atoms with Gasteiger partial charge in [-0.05, 0) is 130 Å². The van der Waals surface area contributed by atoms with Gasteiger partial charge in [-0.3, -0.25) is 19.3 Å². The van der Waals surface area contributed by atoms with Crippen molar-refractivity contribution in [3.05, 3.63) is 143 Å². The van der Waals surface area contributed by atoms with E-state index < -0.39 is 169 Å². The lowest BCUT2D eigenvalue weighted by molar-refractivity contribution is -0.300. The fraction of sp³-hybridized carbons (Fsp3) is 0.659. The molecule has 13 rings (SSSR count). The van der Waals surface area contributed by atoms with Crippen LogP contribution in [0.1, 0.15) is 148 Å². The average Bonchev–Trinajstić information content (AvgIpc) is 1.60. The van der Waals surface area contributed by atoms with Gasteiger partial charge >= 0.3 is 24.0 Å². The van der Waals surface area contributed by atoms with Crippen LogP contribution in [0.5, 0.6) is 0 Å².